The molecule has 0 aliphatic carbocycles. The van der Waals surface area contributed by atoms with Gasteiger partial charge in [0.1, 0.15) is 10.4 Å². The largest absolute Gasteiger partial charge is 0.497 e. The fourth-order valence-electron chi connectivity index (χ4n) is 2.50. The zero-order chi connectivity index (χ0) is 19.4. The van der Waals surface area contributed by atoms with Gasteiger partial charge in [-0.25, -0.2) is 4.98 Å². The van der Waals surface area contributed by atoms with Gasteiger partial charge in [-0.1, -0.05) is 18.7 Å². The molecule has 6 nitrogen and oxygen atoms in total. The molecule has 2 heterocycles. The lowest BCUT2D eigenvalue weighted by Crippen LogP contribution is -2.33. The van der Waals surface area contributed by atoms with Crippen LogP contribution < -0.4 is 15.6 Å². The van der Waals surface area contributed by atoms with Crippen molar-refractivity contribution in [3.63, 3.8) is 0 Å². The van der Waals surface area contributed by atoms with Crippen molar-refractivity contribution in [1.82, 2.24) is 14.9 Å². The second kappa shape index (κ2) is 8.58. The Morgan fingerprint density at radius 1 is 1.33 bits per heavy atom. The van der Waals surface area contributed by atoms with Crippen molar-refractivity contribution in [2.45, 2.75) is 31.5 Å². The van der Waals surface area contributed by atoms with Crippen LogP contribution in [-0.4, -0.2) is 34.4 Å². The number of nitrogens with zero attached hydrogens (tertiary/aromatic N) is 2. The molecule has 27 heavy (non-hydrogen) atoms. The Labute approximate surface area is 165 Å². The van der Waals surface area contributed by atoms with Gasteiger partial charge in [0.25, 0.3) is 5.56 Å². The number of methoxy groups -OCH3 is 1. The van der Waals surface area contributed by atoms with E-state index in [4.69, 9.17) is 4.74 Å². The number of fused-ring (bicyclic) bond motifs is 1. The summed E-state index contributed by atoms with van der Waals surface area (Å²) in [4.78, 5) is 29.8. The molecule has 2 aromatic heterocycles. The third-order valence-electron chi connectivity index (χ3n) is 4.13. The maximum atomic E-state index is 13.0. The van der Waals surface area contributed by atoms with Gasteiger partial charge in [0.05, 0.1) is 24.1 Å². The molecule has 1 atom stereocenters. The molecule has 0 bridgehead atoms. The molecule has 142 valence electrons. The highest BCUT2D eigenvalue weighted by atomic mass is 32.2. The molecule has 3 rings (SSSR count). The molecule has 3 aromatic rings. The third kappa shape index (κ3) is 4.33. The number of nitrogens with one attached hydrogen (secondary N) is 1. The van der Waals surface area contributed by atoms with Crippen LogP contribution in [0.25, 0.3) is 15.9 Å². The smallest absolute Gasteiger partial charge is 0.276 e. The van der Waals surface area contributed by atoms with Crippen LogP contribution in [0.5, 0.6) is 5.75 Å². The predicted molar refractivity (Wildman–Crippen MR) is 110 cm³/mol. The van der Waals surface area contributed by atoms with Crippen molar-refractivity contribution in [1.29, 1.82) is 0 Å². The average Bonchev–Trinajstić information content (AvgIpc) is 3.15. The molecule has 0 saturated carbocycles. The van der Waals surface area contributed by atoms with Gasteiger partial charge in [-0.2, -0.15) is 0 Å². The molecular weight excluding hydrogens is 382 g/mol. The maximum Gasteiger partial charge on any atom is 0.276 e. The van der Waals surface area contributed by atoms with Crippen LogP contribution in [0.15, 0.2) is 45.7 Å². The summed E-state index contributed by atoms with van der Waals surface area (Å²) in [5.74, 6) is 0.831. The predicted octanol–water partition coefficient (Wildman–Crippen LogP) is 3.46. The van der Waals surface area contributed by atoms with Crippen LogP contribution in [0.2, 0.25) is 0 Å². The van der Waals surface area contributed by atoms with Crippen molar-refractivity contribution in [3.8, 4) is 11.4 Å². The summed E-state index contributed by atoms with van der Waals surface area (Å²) in [7, 11) is 1.59. The summed E-state index contributed by atoms with van der Waals surface area (Å²) in [6, 6.07) is 9.15. The van der Waals surface area contributed by atoms with E-state index >= 15 is 0 Å². The van der Waals surface area contributed by atoms with E-state index in [0.29, 0.717) is 26.8 Å². The number of hydrogen-bond acceptors (Lipinski definition) is 6. The second-order valence-corrected chi connectivity index (χ2v) is 7.89. The number of hydrogen-bond donors (Lipinski definition) is 1. The molecule has 0 saturated heterocycles. The minimum Gasteiger partial charge on any atom is -0.497 e. The lowest BCUT2D eigenvalue weighted by molar-refractivity contribution is -0.119. The summed E-state index contributed by atoms with van der Waals surface area (Å²) in [6.45, 7) is 3.98. The Balaban J connectivity index is 1.97. The molecule has 0 spiro atoms. The van der Waals surface area contributed by atoms with Gasteiger partial charge < -0.3 is 10.1 Å². The van der Waals surface area contributed by atoms with Crippen LogP contribution in [0, 0.1) is 0 Å². The van der Waals surface area contributed by atoms with Crippen molar-refractivity contribution >= 4 is 39.2 Å². The highest BCUT2D eigenvalue weighted by Crippen LogP contribution is 2.24. The summed E-state index contributed by atoms with van der Waals surface area (Å²) in [5.41, 5.74) is 1.21. The molecule has 1 N–H and O–H groups in total. The molecule has 8 heteroatoms. The van der Waals surface area contributed by atoms with E-state index in [2.05, 4.69) is 10.3 Å². The number of ether oxygens (including phenoxy) is 1. The first kappa shape index (κ1) is 19.4. The van der Waals surface area contributed by atoms with Gasteiger partial charge in [0.2, 0.25) is 5.91 Å². The molecule has 0 aliphatic rings. The summed E-state index contributed by atoms with van der Waals surface area (Å²) >= 11 is 2.62. The number of thiophene rings is 1. The van der Waals surface area contributed by atoms with E-state index < -0.39 is 0 Å². The SMILES string of the molecule is CC[C@@H](C)NC(=O)CSc1nc2ccsc2c(=O)n1-c1ccc(OC)cc1. The van der Waals surface area contributed by atoms with Crippen LogP contribution in [0.1, 0.15) is 20.3 Å². The second-order valence-electron chi connectivity index (χ2n) is 6.03. The molecule has 0 aliphatic heterocycles. The Morgan fingerprint density at radius 3 is 2.74 bits per heavy atom. The van der Waals surface area contributed by atoms with Gasteiger partial charge in [-0.3, -0.25) is 14.2 Å². The van der Waals surface area contributed by atoms with E-state index in [1.165, 1.54) is 23.1 Å². The van der Waals surface area contributed by atoms with E-state index in [-0.39, 0.29) is 23.3 Å². The van der Waals surface area contributed by atoms with Crippen LogP contribution in [0.4, 0.5) is 0 Å². The molecule has 0 unspecified atom stereocenters. The molecule has 1 amide bonds. The lowest BCUT2D eigenvalue weighted by Gasteiger charge is -2.14. The molecular formula is C19H21N3O3S2. The Morgan fingerprint density at radius 2 is 2.07 bits per heavy atom. The van der Waals surface area contributed by atoms with E-state index in [0.717, 1.165) is 6.42 Å². The number of rotatable bonds is 7. The monoisotopic (exact) mass is 403 g/mol. The summed E-state index contributed by atoms with van der Waals surface area (Å²) in [5, 5.41) is 5.28. The molecule has 1 aromatic carbocycles. The minimum atomic E-state index is -0.134. The number of carbonyl (C=O) groups is 1. The minimum absolute atomic E-state index is 0.0738. The molecule has 0 fully saturated rings. The lowest BCUT2D eigenvalue weighted by atomic mass is 10.3. The third-order valence-corrected chi connectivity index (χ3v) is 5.96. The maximum absolute atomic E-state index is 13.0. The fourth-order valence-corrected chi connectivity index (χ4v) is 4.08. The van der Waals surface area contributed by atoms with Gasteiger partial charge >= 0.3 is 0 Å². The quantitative estimate of drug-likeness (QED) is 0.483. The Hall–Kier alpha value is -2.32. The first-order valence-electron chi connectivity index (χ1n) is 8.60. The number of amides is 1. The fraction of sp³-hybridized carbons (Fsp3) is 0.316. The van der Waals surface area contributed by atoms with Crippen LogP contribution >= 0.6 is 23.1 Å². The summed E-state index contributed by atoms with van der Waals surface area (Å²) < 4.78 is 7.34. The van der Waals surface area contributed by atoms with Gasteiger partial charge in [0.15, 0.2) is 5.16 Å². The molecule has 0 radical (unpaired) electrons. The van der Waals surface area contributed by atoms with Gasteiger partial charge in [0, 0.05) is 6.04 Å². The van der Waals surface area contributed by atoms with Crippen molar-refractivity contribution in [3.05, 3.63) is 46.1 Å². The Bertz CT molecular complexity index is 996. The van der Waals surface area contributed by atoms with Gasteiger partial charge in [-0.15, -0.1) is 11.3 Å². The van der Waals surface area contributed by atoms with Crippen molar-refractivity contribution in [2.75, 3.05) is 12.9 Å². The van der Waals surface area contributed by atoms with Gasteiger partial charge in [-0.05, 0) is 49.1 Å². The van der Waals surface area contributed by atoms with E-state index in [9.17, 15) is 9.59 Å². The first-order valence-corrected chi connectivity index (χ1v) is 10.5. The van der Waals surface area contributed by atoms with Crippen molar-refractivity contribution < 1.29 is 9.53 Å². The Kier molecular flexibility index (Phi) is 6.18. The average molecular weight is 404 g/mol. The summed E-state index contributed by atoms with van der Waals surface area (Å²) in [6.07, 6.45) is 0.867. The first-order chi connectivity index (χ1) is 13.0. The highest BCUT2D eigenvalue weighted by Gasteiger charge is 2.16. The standard InChI is InChI=1S/C19H21N3O3S2/c1-4-12(2)20-16(23)11-27-19-21-15-9-10-26-17(15)18(24)22(19)13-5-7-14(25-3)8-6-13/h5-10,12H,4,11H2,1-3H3,(H,20,23)/t12-/m1/s1. The number of benzene rings is 1. The van der Waals surface area contributed by atoms with E-state index in [1.54, 1.807) is 23.8 Å². The van der Waals surface area contributed by atoms with Crippen molar-refractivity contribution in [2.24, 2.45) is 0 Å². The number of carbonyl (C=O) groups excluding carboxylic acids is 1. The number of thioether (sulfide) groups is 1. The zero-order valence-corrected chi connectivity index (χ0v) is 17.0. The number of aromatic nitrogens is 2. The highest BCUT2D eigenvalue weighted by molar-refractivity contribution is 7.99. The normalized spacial score (nSPS) is 12.1. The van der Waals surface area contributed by atoms with Crippen LogP contribution in [0.3, 0.4) is 0 Å². The zero-order valence-electron chi connectivity index (χ0n) is 15.4. The van der Waals surface area contributed by atoms with E-state index in [1.807, 2.05) is 37.4 Å². The van der Waals surface area contributed by atoms with Crippen LogP contribution in [-0.2, 0) is 4.79 Å². The topological polar surface area (TPSA) is 73.2 Å².